The van der Waals surface area contributed by atoms with Crippen molar-refractivity contribution < 1.29 is 9.59 Å². The SMILES string of the molecule is CCCC1CC(=O)N(CC(C=NC)C(C)=O)C1. The van der Waals surface area contributed by atoms with E-state index in [-0.39, 0.29) is 17.6 Å². The molecule has 2 atom stereocenters. The minimum absolute atomic E-state index is 0.0716. The first-order valence-electron chi connectivity index (χ1n) is 6.29. The van der Waals surface area contributed by atoms with Crippen LogP contribution in [0.3, 0.4) is 0 Å². The van der Waals surface area contributed by atoms with Crippen LogP contribution in [0.5, 0.6) is 0 Å². The zero-order valence-electron chi connectivity index (χ0n) is 11.0. The number of likely N-dealkylation sites (tertiary alicyclic amines) is 1. The van der Waals surface area contributed by atoms with Gasteiger partial charge in [-0.2, -0.15) is 0 Å². The molecule has 0 aliphatic carbocycles. The van der Waals surface area contributed by atoms with Gasteiger partial charge in [0.2, 0.25) is 5.91 Å². The van der Waals surface area contributed by atoms with Gasteiger partial charge in [-0.05, 0) is 19.3 Å². The summed E-state index contributed by atoms with van der Waals surface area (Å²) in [5.41, 5.74) is 0. The molecule has 1 aliphatic rings. The Balaban J connectivity index is 2.56. The number of ketones is 1. The quantitative estimate of drug-likeness (QED) is 0.659. The maximum Gasteiger partial charge on any atom is 0.222 e. The van der Waals surface area contributed by atoms with E-state index in [1.165, 1.54) is 0 Å². The van der Waals surface area contributed by atoms with Crippen molar-refractivity contribution in [3.05, 3.63) is 0 Å². The van der Waals surface area contributed by atoms with E-state index in [1.807, 2.05) is 4.90 Å². The van der Waals surface area contributed by atoms with Crippen LogP contribution in [0.4, 0.5) is 0 Å². The molecule has 1 fully saturated rings. The highest BCUT2D eigenvalue weighted by Gasteiger charge is 2.30. The monoisotopic (exact) mass is 238 g/mol. The Bertz CT molecular complexity index is 313. The Labute approximate surface area is 103 Å². The van der Waals surface area contributed by atoms with Crippen molar-refractivity contribution in [2.75, 3.05) is 20.1 Å². The van der Waals surface area contributed by atoms with E-state index in [4.69, 9.17) is 0 Å². The molecule has 0 N–H and O–H groups in total. The number of amides is 1. The Morgan fingerprint density at radius 2 is 2.35 bits per heavy atom. The van der Waals surface area contributed by atoms with Gasteiger partial charge in [0.15, 0.2) is 0 Å². The Kier molecular flexibility index (Phi) is 5.32. The number of rotatable bonds is 6. The lowest BCUT2D eigenvalue weighted by atomic mass is 10.0. The molecule has 1 rings (SSSR count). The smallest absolute Gasteiger partial charge is 0.222 e. The van der Waals surface area contributed by atoms with Crippen LogP contribution < -0.4 is 0 Å². The summed E-state index contributed by atoms with van der Waals surface area (Å²) in [5.74, 6) is 0.476. The van der Waals surface area contributed by atoms with E-state index < -0.39 is 0 Å². The van der Waals surface area contributed by atoms with Crippen molar-refractivity contribution in [1.29, 1.82) is 0 Å². The molecule has 0 bridgehead atoms. The van der Waals surface area contributed by atoms with E-state index in [9.17, 15) is 9.59 Å². The van der Waals surface area contributed by atoms with E-state index in [0.29, 0.717) is 18.9 Å². The van der Waals surface area contributed by atoms with Crippen molar-refractivity contribution in [1.82, 2.24) is 4.90 Å². The fourth-order valence-electron chi connectivity index (χ4n) is 2.33. The molecule has 0 saturated carbocycles. The zero-order valence-corrected chi connectivity index (χ0v) is 11.0. The van der Waals surface area contributed by atoms with E-state index in [0.717, 1.165) is 19.4 Å². The van der Waals surface area contributed by atoms with Gasteiger partial charge in [0, 0.05) is 32.8 Å². The topological polar surface area (TPSA) is 49.7 Å². The van der Waals surface area contributed by atoms with E-state index in [2.05, 4.69) is 11.9 Å². The molecule has 96 valence electrons. The lowest BCUT2D eigenvalue weighted by molar-refractivity contribution is -0.128. The average Bonchev–Trinajstić information content (AvgIpc) is 2.59. The summed E-state index contributed by atoms with van der Waals surface area (Å²) in [6.45, 7) is 4.98. The zero-order chi connectivity index (χ0) is 12.8. The molecule has 1 saturated heterocycles. The van der Waals surface area contributed by atoms with Gasteiger partial charge in [-0.25, -0.2) is 0 Å². The minimum Gasteiger partial charge on any atom is -0.341 e. The van der Waals surface area contributed by atoms with E-state index in [1.54, 1.807) is 20.2 Å². The number of carbonyl (C=O) groups excluding carboxylic acids is 2. The highest BCUT2D eigenvalue weighted by molar-refractivity contribution is 5.94. The van der Waals surface area contributed by atoms with Gasteiger partial charge in [-0.3, -0.25) is 9.59 Å². The van der Waals surface area contributed by atoms with Crippen molar-refractivity contribution in [3.63, 3.8) is 0 Å². The van der Waals surface area contributed by atoms with Crippen LogP contribution in [0.15, 0.2) is 4.99 Å². The van der Waals surface area contributed by atoms with Crippen LogP contribution >= 0.6 is 0 Å². The van der Waals surface area contributed by atoms with Crippen LogP contribution in [-0.2, 0) is 9.59 Å². The maximum absolute atomic E-state index is 11.8. The van der Waals surface area contributed by atoms with Crippen LogP contribution in [0, 0.1) is 11.8 Å². The first-order valence-corrected chi connectivity index (χ1v) is 6.29. The van der Waals surface area contributed by atoms with Gasteiger partial charge in [0.1, 0.15) is 5.78 Å². The molecule has 0 aromatic carbocycles. The fraction of sp³-hybridized carbons (Fsp3) is 0.769. The number of carbonyl (C=O) groups is 2. The number of nitrogens with zero attached hydrogens (tertiary/aromatic N) is 2. The maximum atomic E-state index is 11.8. The molecule has 1 aliphatic heterocycles. The molecular formula is C13H22N2O2. The third-order valence-corrected chi connectivity index (χ3v) is 3.26. The summed E-state index contributed by atoms with van der Waals surface area (Å²) in [6, 6.07) is 0. The lowest BCUT2D eigenvalue weighted by Gasteiger charge is -2.20. The summed E-state index contributed by atoms with van der Waals surface area (Å²) in [6.07, 6.45) is 4.48. The summed E-state index contributed by atoms with van der Waals surface area (Å²) in [4.78, 5) is 28.9. The molecule has 17 heavy (non-hydrogen) atoms. The molecule has 0 aromatic rings. The summed E-state index contributed by atoms with van der Waals surface area (Å²) >= 11 is 0. The summed E-state index contributed by atoms with van der Waals surface area (Å²) in [7, 11) is 1.65. The van der Waals surface area contributed by atoms with Crippen LogP contribution in [0.25, 0.3) is 0 Å². The number of hydrogen-bond acceptors (Lipinski definition) is 3. The fourth-order valence-corrected chi connectivity index (χ4v) is 2.33. The molecule has 2 unspecified atom stereocenters. The second kappa shape index (κ2) is 6.52. The Hall–Kier alpha value is -1.19. The Morgan fingerprint density at radius 1 is 1.65 bits per heavy atom. The molecule has 4 heteroatoms. The van der Waals surface area contributed by atoms with Gasteiger partial charge >= 0.3 is 0 Å². The highest BCUT2D eigenvalue weighted by atomic mass is 16.2. The predicted octanol–water partition coefficient (Wildman–Crippen LogP) is 1.54. The summed E-state index contributed by atoms with van der Waals surface area (Å²) < 4.78 is 0. The van der Waals surface area contributed by atoms with Crippen molar-refractivity contribution in [2.24, 2.45) is 16.8 Å². The second-order valence-electron chi connectivity index (χ2n) is 4.78. The molecule has 0 aromatic heterocycles. The van der Waals surface area contributed by atoms with Crippen LogP contribution in [0.2, 0.25) is 0 Å². The van der Waals surface area contributed by atoms with Crippen LogP contribution in [0.1, 0.15) is 33.1 Å². The van der Waals surface area contributed by atoms with Gasteiger partial charge < -0.3 is 9.89 Å². The predicted molar refractivity (Wildman–Crippen MR) is 68.2 cm³/mol. The lowest BCUT2D eigenvalue weighted by Crippen LogP contribution is -2.34. The van der Waals surface area contributed by atoms with Gasteiger partial charge in [0.25, 0.3) is 0 Å². The van der Waals surface area contributed by atoms with Crippen molar-refractivity contribution in [2.45, 2.75) is 33.1 Å². The normalized spacial score (nSPS) is 22.4. The van der Waals surface area contributed by atoms with Crippen molar-refractivity contribution >= 4 is 17.9 Å². The largest absolute Gasteiger partial charge is 0.341 e. The highest BCUT2D eigenvalue weighted by Crippen LogP contribution is 2.22. The first kappa shape index (κ1) is 13.9. The first-order chi connectivity index (χ1) is 8.08. The molecule has 0 spiro atoms. The van der Waals surface area contributed by atoms with Crippen molar-refractivity contribution in [3.8, 4) is 0 Å². The standard InChI is InChI=1S/C13H22N2O2/c1-4-5-11-6-13(17)15(8-11)9-12(7-14-3)10(2)16/h7,11-12H,4-6,8-9H2,1-3H3. The van der Waals surface area contributed by atoms with Gasteiger partial charge in [-0.1, -0.05) is 13.3 Å². The Morgan fingerprint density at radius 3 is 2.88 bits per heavy atom. The average molecular weight is 238 g/mol. The number of hydrogen-bond donors (Lipinski definition) is 0. The molecule has 0 radical (unpaired) electrons. The number of aliphatic imine (C=N–C) groups is 1. The number of Topliss-reactive ketones (excluding diaryl/α,β-unsaturated/α-hetero) is 1. The molecular weight excluding hydrogens is 216 g/mol. The third kappa shape index (κ3) is 3.95. The minimum atomic E-state index is -0.246. The van der Waals surface area contributed by atoms with Gasteiger partial charge in [-0.15, -0.1) is 0 Å². The van der Waals surface area contributed by atoms with E-state index >= 15 is 0 Å². The summed E-state index contributed by atoms with van der Waals surface area (Å²) in [5, 5.41) is 0. The molecule has 1 heterocycles. The second-order valence-corrected chi connectivity index (χ2v) is 4.78. The molecule has 1 amide bonds. The third-order valence-electron chi connectivity index (χ3n) is 3.26. The molecule has 4 nitrogen and oxygen atoms in total. The van der Waals surface area contributed by atoms with Crippen LogP contribution in [-0.4, -0.2) is 42.9 Å². The van der Waals surface area contributed by atoms with Gasteiger partial charge in [0.05, 0.1) is 5.92 Å².